The van der Waals surface area contributed by atoms with Gasteiger partial charge in [-0.05, 0) is 39.6 Å². The summed E-state index contributed by atoms with van der Waals surface area (Å²) in [6.07, 6.45) is 6.31. The predicted molar refractivity (Wildman–Crippen MR) is 116 cm³/mol. The average molecular weight is 360 g/mol. The van der Waals surface area contributed by atoms with Crippen LogP contribution in [-0.4, -0.2) is 0 Å². The normalized spacial score (nSPS) is 14.9. The first-order chi connectivity index (χ1) is 13.9. The molecule has 5 rings (SSSR count). The summed E-state index contributed by atoms with van der Waals surface area (Å²) in [5, 5.41) is 2.48. The monoisotopic (exact) mass is 360 g/mol. The molecular formula is C27H20O. The Hall–Kier alpha value is -3.58. The summed E-state index contributed by atoms with van der Waals surface area (Å²) in [7, 11) is 0. The Balaban J connectivity index is 1.72. The smallest absolute Gasteiger partial charge is 0.131 e. The van der Waals surface area contributed by atoms with Crippen LogP contribution in [-0.2, 0) is 0 Å². The van der Waals surface area contributed by atoms with E-state index in [1.54, 1.807) is 0 Å². The molecule has 28 heavy (non-hydrogen) atoms. The third kappa shape index (κ3) is 3.01. The molecule has 0 bridgehead atoms. The SMILES string of the molecule is C1=CC(C=C(c2ccccc2)c2ccccc2)c2c(ccc3ccccc23)O1. The molecule has 0 aromatic heterocycles. The molecular weight excluding hydrogens is 340 g/mol. The fourth-order valence-electron chi connectivity index (χ4n) is 3.93. The van der Waals surface area contributed by atoms with Gasteiger partial charge in [0.05, 0.1) is 6.26 Å². The lowest BCUT2D eigenvalue weighted by molar-refractivity contribution is 0.461. The highest BCUT2D eigenvalue weighted by atomic mass is 16.5. The summed E-state index contributed by atoms with van der Waals surface area (Å²) >= 11 is 0. The van der Waals surface area contributed by atoms with Crippen molar-refractivity contribution in [1.29, 1.82) is 0 Å². The zero-order valence-electron chi connectivity index (χ0n) is 15.5. The second-order valence-electron chi connectivity index (χ2n) is 6.98. The Morgan fingerprint density at radius 3 is 2.04 bits per heavy atom. The molecule has 1 heterocycles. The molecule has 0 spiro atoms. The van der Waals surface area contributed by atoms with E-state index in [0.29, 0.717) is 0 Å². The van der Waals surface area contributed by atoms with Crippen LogP contribution in [0, 0.1) is 0 Å². The van der Waals surface area contributed by atoms with E-state index in [-0.39, 0.29) is 5.92 Å². The van der Waals surface area contributed by atoms with Gasteiger partial charge >= 0.3 is 0 Å². The lowest BCUT2D eigenvalue weighted by atomic mass is 9.87. The van der Waals surface area contributed by atoms with Crippen LogP contribution in [0.15, 0.2) is 115 Å². The standard InChI is InChI=1S/C27H20O/c1-3-9-20(10-4-1)25(21-11-5-2-6-12-21)19-23-17-18-28-26-16-15-22-13-7-8-14-24(22)27(23)26/h1-19,23H. The lowest BCUT2D eigenvalue weighted by Gasteiger charge is -2.22. The molecule has 0 fully saturated rings. The number of fused-ring (bicyclic) bond motifs is 3. The van der Waals surface area contributed by atoms with Crippen molar-refractivity contribution in [1.82, 2.24) is 0 Å². The van der Waals surface area contributed by atoms with E-state index in [1.807, 2.05) is 6.26 Å². The van der Waals surface area contributed by atoms with Crippen molar-refractivity contribution in [3.8, 4) is 5.75 Å². The molecule has 0 N–H and O–H groups in total. The highest BCUT2D eigenvalue weighted by Gasteiger charge is 2.20. The first-order valence-electron chi connectivity index (χ1n) is 9.58. The van der Waals surface area contributed by atoms with E-state index in [1.165, 1.54) is 33.0 Å². The van der Waals surface area contributed by atoms with Crippen LogP contribution in [0.25, 0.3) is 16.3 Å². The number of hydrogen-bond acceptors (Lipinski definition) is 1. The van der Waals surface area contributed by atoms with Crippen LogP contribution < -0.4 is 4.74 Å². The zero-order valence-corrected chi connectivity index (χ0v) is 15.5. The minimum Gasteiger partial charge on any atom is -0.465 e. The van der Waals surface area contributed by atoms with Crippen molar-refractivity contribution in [2.24, 2.45) is 0 Å². The van der Waals surface area contributed by atoms with Crippen LogP contribution in [0.3, 0.4) is 0 Å². The van der Waals surface area contributed by atoms with Gasteiger partial charge in [0, 0.05) is 11.5 Å². The Bertz CT molecular complexity index is 1130. The quantitative estimate of drug-likeness (QED) is 0.384. The van der Waals surface area contributed by atoms with Crippen LogP contribution >= 0.6 is 0 Å². The highest BCUT2D eigenvalue weighted by Crippen LogP contribution is 2.40. The minimum atomic E-state index is 0.144. The highest BCUT2D eigenvalue weighted by molar-refractivity contribution is 5.90. The van der Waals surface area contributed by atoms with Crippen LogP contribution in [0.4, 0.5) is 0 Å². The Labute approximate surface area is 165 Å². The fraction of sp³-hybridized carbons (Fsp3) is 0.0370. The molecule has 134 valence electrons. The Morgan fingerprint density at radius 1 is 0.679 bits per heavy atom. The third-order valence-corrected chi connectivity index (χ3v) is 5.26. The van der Waals surface area contributed by atoms with Gasteiger partial charge in [0.2, 0.25) is 0 Å². The van der Waals surface area contributed by atoms with Gasteiger partial charge in [-0.3, -0.25) is 0 Å². The molecule has 1 atom stereocenters. The second kappa shape index (κ2) is 7.21. The minimum absolute atomic E-state index is 0.144. The maximum atomic E-state index is 5.84. The van der Waals surface area contributed by atoms with E-state index >= 15 is 0 Å². The first-order valence-corrected chi connectivity index (χ1v) is 9.58. The van der Waals surface area contributed by atoms with Gasteiger partial charge < -0.3 is 4.74 Å². The maximum absolute atomic E-state index is 5.84. The topological polar surface area (TPSA) is 9.23 Å². The van der Waals surface area contributed by atoms with Crippen LogP contribution in [0.2, 0.25) is 0 Å². The second-order valence-corrected chi connectivity index (χ2v) is 6.98. The number of rotatable bonds is 3. The molecule has 0 saturated heterocycles. The molecule has 0 saturated carbocycles. The zero-order chi connectivity index (χ0) is 18.8. The molecule has 1 unspecified atom stereocenters. The number of hydrogen-bond donors (Lipinski definition) is 0. The number of benzene rings is 4. The van der Waals surface area contributed by atoms with E-state index in [2.05, 4.69) is 109 Å². The summed E-state index contributed by atoms with van der Waals surface area (Å²) in [6.45, 7) is 0. The van der Waals surface area contributed by atoms with Gasteiger partial charge in [0.25, 0.3) is 0 Å². The van der Waals surface area contributed by atoms with Crippen LogP contribution in [0.1, 0.15) is 22.6 Å². The molecule has 1 aliphatic heterocycles. The van der Waals surface area contributed by atoms with Gasteiger partial charge in [-0.25, -0.2) is 0 Å². The van der Waals surface area contributed by atoms with E-state index in [9.17, 15) is 0 Å². The van der Waals surface area contributed by atoms with Gasteiger partial charge in [0.15, 0.2) is 0 Å². The average Bonchev–Trinajstić information content (AvgIpc) is 2.78. The largest absolute Gasteiger partial charge is 0.465 e. The van der Waals surface area contributed by atoms with Crippen LogP contribution in [0.5, 0.6) is 5.75 Å². The molecule has 1 heteroatoms. The van der Waals surface area contributed by atoms with Gasteiger partial charge in [0.1, 0.15) is 5.75 Å². The summed E-state index contributed by atoms with van der Waals surface area (Å²) in [4.78, 5) is 0. The van der Waals surface area contributed by atoms with Crippen molar-refractivity contribution in [2.75, 3.05) is 0 Å². The van der Waals surface area contributed by atoms with Crippen molar-refractivity contribution < 1.29 is 4.74 Å². The maximum Gasteiger partial charge on any atom is 0.131 e. The molecule has 4 aromatic rings. The van der Waals surface area contributed by atoms with E-state index in [0.717, 1.165) is 5.75 Å². The van der Waals surface area contributed by atoms with Crippen molar-refractivity contribution in [3.63, 3.8) is 0 Å². The molecule has 0 aliphatic carbocycles. The molecule has 1 nitrogen and oxygen atoms in total. The van der Waals surface area contributed by atoms with Gasteiger partial charge in [-0.1, -0.05) is 97.1 Å². The molecule has 1 aliphatic rings. The van der Waals surface area contributed by atoms with Crippen molar-refractivity contribution >= 4 is 16.3 Å². The van der Waals surface area contributed by atoms with Crippen molar-refractivity contribution in [2.45, 2.75) is 5.92 Å². The third-order valence-electron chi connectivity index (χ3n) is 5.26. The summed E-state index contributed by atoms with van der Waals surface area (Å²) in [5.41, 5.74) is 4.90. The Morgan fingerprint density at radius 2 is 1.32 bits per heavy atom. The van der Waals surface area contributed by atoms with Gasteiger partial charge in [-0.15, -0.1) is 0 Å². The number of allylic oxidation sites excluding steroid dienone is 2. The fourth-order valence-corrected chi connectivity index (χ4v) is 3.93. The summed E-state index contributed by atoms with van der Waals surface area (Å²) < 4.78 is 5.84. The van der Waals surface area contributed by atoms with E-state index < -0.39 is 0 Å². The summed E-state index contributed by atoms with van der Waals surface area (Å²) in [5.74, 6) is 1.08. The molecule has 4 aromatic carbocycles. The summed E-state index contributed by atoms with van der Waals surface area (Å²) in [6, 6.07) is 33.9. The number of ether oxygens (including phenoxy) is 1. The van der Waals surface area contributed by atoms with Crippen molar-refractivity contribution in [3.05, 3.63) is 132 Å². The van der Waals surface area contributed by atoms with E-state index in [4.69, 9.17) is 4.74 Å². The lowest BCUT2D eigenvalue weighted by Crippen LogP contribution is -2.04. The Kier molecular flexibility index (Phi) is 4.27. The molecule has 0 amide bonds. The van der Waals surface area contributed by atoms with Gasteiger partial charge in [-0.2, -0.15) is 0 Å². The molecule has 0 radical (unpaired) electrons. The first kappa shape index (κ1) is 16.6. The predicted octanol–water partition coefficient (Wildman–Crippen LogP) is 6.96.